The summed E-state index contributed by atoms with van der Waals surface area (Å²) in [6.07, 6.45) is 0.790. The van der Waals surface area contributed by atoms with Crippen LogP contribution in [0.15, 0.2) is 72.8 Å². The fraction of sp³-hybridized carbons (Fsp3) is 0.192. The van der Waals surface area contributed by atoms with E-state index in [0.717, 1.165) is 12.0 Å². The number of hydrogen-bond donors (Lipinski definition) is 3. The van der Waals surface area contributed by atoms with E-state index in [1.807, 2.05) is 44.2 Å². The van der Waals surface area contributed by atoms with Gasteiger partial charge in [-0.1, -0.05) is 55.5 Å². The molecule has 0 heterocycles. The molecular weight excluding hydrogens is 402 g/mol. The third-order valence-electron chi connectivity index (χ3n) is 5.14. The first-order valence-electron chi connectivity index (χ1n) is 10.6. The summed E-state index contributed by atoms with van der Waals surface area (Å²) in [5, 5.41) is 5.81. The maximum absolute atomic E-state index is 13.1. The van der Waals surface area contributed by atoms with E-state index in [9.17, 15) is 14.4 Å². The molecular formula is C26H27N3O3. The highest BCUT2D eigenvalue weighted by molar-refractivity contribution is 6.04. The molecule has 0 unspecified atom stereocenters. The summed E-state index contributed by atoms with van der Waals surface area (Å²) in [6.45, 7) is 4.38. The average Bonchev–Trinajstić information content (AvgIpc) is 2.82. The monoisotopic (exact) mass is 429 g/mol. The zero-order valence-corrected chi connectivity index (χ0v) is 18.2. The number of rotatable bonds is 8. The molecule has 3 amide bonds. The van der Waals surface area contributed by atoms with E-state index in [0.29, 0.717) is 34.4 Å². The molecule has 4 N–H and O–H groups in total. The Balaban J connectivity index is 2.02. The SMILES string of the molecule is CCCNC(=O)c1cc(C(=O)N[C@H](C)c2ccccc2)cc(-c2ccccc2C(N)=O)c1. The smallest absolute Gasteiger partial charge is 0.251 e. The summed E-state index contributed by atoms with van der Waals surface area (Å²) < 4.78 is 0. The zero-order valence-electron chi connectivity index (χ0n) is 18.2. The highest BCUT2D eigenvalue weighted by Crippen LogP contribution is 2.26. The van der Waals surface area contributed by atoms with Crippen LogP contribution in [0.4, 0.5) is 0 Å². The van der Waals surface area contributed by atoms with Gasteiger partial charge in [0, 0.05) is 23.2 Å². The predicted octanol–water partition coefficient (Wildman–Crippen LogP) is 4.08. The fourth-order valence-electron chi connectivity index (χ4n) is 3.44. The molecule has 3 rings (SSSR count). The van der Waals surface area contributed by atoms with Gasteiger partial charge in [0.05, 0.1) is 6.04 Å². The second-order valence-electron chi connectivity index (χ2n) is 7.57. The van der Waals surface area contributed by atoms with Gasteiger partial charge < -0.3 is 16.4 Å². The van der Waals surface area contributed by atoms with Crippen LogP contribution >= 0.6 is 0 Å². The van der Waals surface area contributed by atoms with Crippen molar-refractivity contribution in [2.24, 2.45) is 5.73 Å². The topological polar surface area (TPSA) is 101 Å². The van der Waals surface area contributed by atoms with Gasteiger partial charge in [-0.25, -0.2) is 0 Å². The molecule has 1 atom stereocenters. The Hall–Kier alpha value is -3.93. The molecule has 32 heavy (non-hydrogen) atoms. The van der Waals surface area contributed by atoms with Crippen LogP contribution in [0.25, 0.3) is 11.1 Å². The first-order valence-corrected chi connectivity index (χ1v) is 10.6. The number of benzene rings is 3. The molecule has 164 valence electrons. The van der Waals surface area contributed by atoms with Crippen LogP contribution in [0.2, 0.25) is 0 Å². The van der Waals surface area contributed by atoms with Gasteiger partial charge in [-0.3, -0.25) is 14.4 Å². The number of nitrogens with one attached hydrogen (secondary N) is 2. The maximum Gasteiger partial charge on any atom is 0.251 e. The van der Waals surface area contributed by atoms with E-state index in [-0.39, 0.29) is 17.9 Å². The molecule has 6 heteroatoms. The number of primary amides is 1. The predicted molar refractivity (Wildman–Crippen MR) is 125 cm³/mol. The molecule has 6 nitrogen and oxygen atoms in total. The average molecular weight is 430 g/mol. The quantitative estimate of drug-likeness (QED) is 0.503. The summed E-state index contributed by atoms with van der Waals surface area (Å²) in [5.41, 5.74) is 8.64. The minimum Gasteiger partial charge on any atom is -0.366 e. The van der Waals surface area contributed by atoms with E-state index in [4.69, 9.17) is 5.73 Å². The van der Waals surface area contributed by atoms with Crippen LogP contribution in [0.5, 0.6) is 0 Å². The van der Waals surface area contributed by atoms with Crippen molar-refractivity contribution in [3.63, 3.8) is 0 Å². The van der Waals surface area contributed by atoms with Gasteiger partial charge in [0.2, 0.25) is 5.91 Å². The van der Waals surface area contributed by atoms with Gasteiger partial charge in [-0.05, 0) is 54.3 Å². The van der Waals surface area contributed by atoms with Gasteiger partial charge in [0.25, 0.3) is 11.8 Å². The van der Waals surface area contributed by atoms with Crippen LogP contribution < -0.4 is 16.4 Å². The van der Waals surface area contributed by atoms with Crippen molar-refractivity contribution in [1.82, 2.24) is 10.6 Å². The summed E-state index contributed by atoms with van der Waals surface area (Å²) in [7, 11) is 0. The molecule has 0 fully saturated rings. The summed E-state index contributed by atoms with van der Waals surface area (Å²) in [5.74, 6) is -1.18. The van der Waals surface area contributed by atoms with Crippen LogP contribution in [0.1, 0.15) is 62.9 Å². The minimum absolute atomic E-state index is 0.220. The van der Waals surface area contributed by atoms with E-state index >= 15 is 0 Å². The van der Waals surface area contributed by atoms with Crippen LogP contribution in [0, 0.1) is 0 Å². The van der Waals surface area contributed by atoms with Gasteiger partial charge in [-0.2, -0.15) is 0 Å². The molecule has 0 aliphatic heterocycles. The number of nitrogens with two attached hydrogens (primary N) is 1. The van der Waals surface area contributed by atoms with Crippen molar-refractivity contribution in [3.05, 3.63) is 95.1 Å². The Bertz CT molecular complexity index is 1130. The first-order chi connectivity index (χ1) is 15.4. The van der Waals surface area contributed by atoms with E-state index < -0.39 is 5.91 Å². The number of amides is 3. The highest BCUT2D eigenvalue weighted by Gasteiger charge is 2.18. The second-order valence-corrected chi connectivity index (χ2v) is 7.57. The highest BCUT2D eigenvalue weighted by atomic mass is 16.2. The minimum atomic E-state index is -0.579. The van der Waals surface area contributed by atoms with Crippen molar-refractivity contribution >= 4 is 17.7 Å². The summed E-state index contributed by atoms with van der Waals surface area (Å²) in [4.78, 5) is 37.7. The van der Waals surface area contributed by atoms with Gasteiger partial charge in [0.1, 0.15) is 0 Å². The Morgan fingerprint density at radius 3 is 2.16 bits per heavy atom. The lowest BCUT2D eigenvalue weighted by Gasteiger charge is -2.16. The molecule has 0 saturated carbocycles. The molecule has 0 aromatic heterocycles. The van der Waals surface area contributed by atoms with Gasteiger partial charge in [-0.15, -0.1) is 0 Å². The number of carbonyl (C=O) groups is 3. The van der Waals surface area contributed by atoms with Crippen LogP contribution in [-0.4, -0.2) is 24.3 Å². The lowest BCUT2D eigenvalue weighted by molar-refractivity contribution is 0.0939. The standard InChI is InChI=1S/C26H27N3O3/c1-3-13-28-25(31)20-14-19(22-11-7-8-12-23(22)24(27)30)15-21(16-20)26(32)29-17(2)18-9-5-4-6-10-18/h4-12,14-17H,3,13H2,1-2H3,(H2,27,30)(H,28,31)(H,29,32)/t17-/m1/s1. The molecule has 0 aliphatic carbocycles. The number of hydrogen-bond acceptors (Lipinski definition) is 3. The van der Waals surface area contributed by atoms with Crippen molar-refractivity contribution in [2.45, 2.75) is 26.3 Å². The number of carbonyl (C=O) groups excluding carboxylic acids is 3. The van der Waals surface area contributed by atoms with Gasteiger partial charge in [0.15, 0.2) is 0 Å². The van der Waals surface area contributed by atoms with E-state index in [1.54, 1.807) is 42.5 Å². The van der Waals surface area contributed by atoms with Crippen molar-refractivity contribution in [2.75, 3.05) is 6.54 Å². The van der Waals surface area contributed by atoms with Crippen molar-refractivity contribution in [1.29, 1.82) is 0 Å². The van der Waals surface area contributed by atoms with E-state index in [1.165, 1.54) is 0 Å². The lowest BCUT2D eigenvalue weighted by Crippen LogP contribution is -2.28. The maximum atomic E-state index is 13.1. The van der Waals surface area contributed by atoms with Gasteiger partial charge >= 0.3 is 0 Å². The molecule has 3 aromatic carbocycles. The molecule has 0 spiro atoms. The van der Waals surface area contributed by atoms with E-state index in [2.05, 4.69) is 10.6 Å². The first kappa shape index (κ1) is 22.7. The fourth-order valence-corrected chi connectivity index (χ4v) is 3.44. The second kappa shape index (κ2) is 10.4. The molecule has 0 saturated heterocycles. The van der Waals surface area contributed by atoms with Crippen LogP contribution in [-0.2, 0) is 0 Å². The summed E-state index contributed by atoms with van der Waals surface area (Å²) >= 11 is 0. The Labute approximate surface area is 187 Å². The Kier molecular flexibility index (Phi) is 7.39. The Morgan fingerprint density at radius 1 is 0.875 bits per heavy atom. The zero-order chi connectivity index (χ0) is 23.1. The molecule has 0 radical (unpaired) electrons. The van der Waals surface area contributed by atoms with Crippen LogP contribution in [0.3, 0.4) is 0 Å². The van der Waals surface area contributed by atoms with Crippen molar-refractivity contribution in [3.8, 4) is 11.1 Å². The lowest BCUT2D eigenvalue weighted by atomic mass is 9.95. The molecule has 0 bridgehead atoms. The molecule has 3 aromatic rings. The van der Waals surface area contributed by atoms with Crippen molar-refractivity contribution < 1.29 is 14.4 Å². The summed E-state index contributed by atoms with van der Waals surface area (Å²) in [6, 6.07) is 21.2. The third-order valence-corrected chi connectivity index (χ3v) is 5.14. The molecule has 0 aliphatic rings. The normalized spacial score (nSPS) is 11.4. The largest absolute Gasteiger partial charge is 0.366 e. The third kappa shape index (κ3) is 5.40. The Morgan fingerprint density at radius 2 is 1.50 bits per heavy atom.